The summed E-state index contributed by atoms with van der Waals surface area (Å²) in [6, 6.07) is 33.2. The Balaban J connectivity index is 1.44. The van der Waals surface area contributed by atoms with E-state index in [9.17, 15) is 0 Å². The SMILES string of the molecule is Cc1cccc(C)c1-c1ccc2c(c1)sc(C=C1C=C(N(C)CCCN(C)C)N(Cc3ccccc3)c3ccccc31)[n+]2C. The molecule has 0 saturated heterocycles. The summed E-state index contributed by atoms with van der Waals surface area (Å²) in [4.78, 5) is 7.18. The van der Waals surface area contributed by atoms with E-state index in [1.54, 1.807) is 0 Å². The van der Waals surface area contributed by atoms with Crippen molar-refractivity contribution in [2.45, 2.75) is 26.8 Å². The summed E-state index contributed by atoms with van der Waals surface area (Å²) in [6.07, 6.45) is 5.89. The van der Waals surface area contributed by atoms with Crippen molar-refractivity contribution in [1.29, 1.82) is 0 Å². The van der Waals surface area contributed by atoms with Crippen LogP contribution < -0.4 is 9.47 Å². The molecule has 4 aromatic carbocycles. The van der Waals surface area contributed by atoms with Crippen LogP contribution in [0.2, 0.25) is 0 Å². The molecule has 0 amide bonds. The molecule has 0 saturated carbocycles. The number of hydrogen-bond acceptors (Lipinski definition) is 4. The van der Waals surface area contributed by atoms with Gasteiger partial charge in [-0.15, -0.1) is 0 Å². The molecule has 0 N–H and O–H groups in total. The predicted molar refractivity (Wildman–Crippen MR) is 189 cm³/mol. The molecule has 6 rings (SSSR count). The third kappa shape index (κ3) is 6.08. The molecule has 0 atom stereocenters. The van der Waals surface area contributed by atoms with Gasteiger partial charge in [0.25, 0.3) is 5.01 Å². The second kappa shape index (κ2) is 12.8. The van der Waals surface area contributed by atoms with Crippen molar-refractivity contribution in [3.63, 3.8) is 0 Å². The Labute approximate surface area is 266 Å². The van der Waals surface area contributed by atoms with Crippen LogP contribution in [-0.2, 0) is 13.6 Å². The number of para-hydroxylation sites is 1. The molecule has 5 aromatic rings. The van der Waals surface area contributed by atoms with Gasteiger partial charge in [-0.2, -0.15) is 4.57 Å². The number of benzene rings is 4. The third-order valence-electron chi connectivity index (χ3n) is 8.66. The first-order chi connectivity index (χ1) is 21.3. The van der Waals surface area contributed by atoms with Gasteiger partial charge in [-0.05, 0) is 98.6 Å². The lowest BCUT2D eigenvalue weighted by Gasteiger charge is -2.38. The zero-order chi connectivity index (χ0) is 30.8. The number of hydrogen-bond donors (Lipinski definition) is 0. The van der Waals surface area contributed by atoms with Crippen LogP contribution in [0.5, 0.6) is 0 Å². The highest BCUT2D eigenvalue weighted by Gasteiger charge is 2.27. The van der Waals surface area contributed by atoms with Crippen molar-refractivity contribution in [3.05, 3.63) is 130 Å². The van der Waals surface area contributed by atoms with E-state index in [4.69, 9.17) is 0 Å². The molecule has 0 fully saturated rings. The van der Waals surface area contributed by atoms with Crippen molar-refractivity contribution in [3.8, 4) is 11.1 Å². The average molecular weight is 600 g/mol. The minimum atomic E-state index is 0.826. The monoisotopic (exact) mass is 599 g/mol. The lowest BCUT2D eigenvalue weighted by molar-refractivity contribution is -0.642. The van der Waals surface area contributed by atoms with Crippen molar-refractivity contribution in [2.75, 3.05) is 39.1 Å². The first-order valence-corrected chi connectivity index (χ1v) is 16.3. The summed E-state index contributed by atoms with van der Waals surface area (Å²) in [5.41, 5.74) is 11.6. The number of nitrogens with zero attached hydrogens (tertiary/aromatic N) is 4. The number of anilines is 1. The Kier molecular flexibility index (Phi) is 8.69. The summed E-state index contributed by atoms with van der Waals surface area (Å²) in [6.45, 7) is 7.30. The van der Waals surface area contributed by atoms with Crippen LogP contribution in [0.3, 0.4) is 0 Å². The number of fused-ring (bicyclic) bond motifs is 2. The maximum Gasteiger partial charge on any atom is 0.263 e. The molecule has 44 heavy (non-hydrogen) atoms. The van der Waals surface area contributed by atoms with Gasteiger partial charge in [-0.3, -0.25) is 0 Å². The van der Waals surface area contributed by atoms with Crippen LogP contribution in [-0.4, -0.2) is 44.0 Å². The maximum absolute atomic E-state index is 2.49. The Morgan fingerprint density at radius 2 is 1.55 bits per heavy atom. The summed E-state index contributed by atoms with van der Waals surface area (Å²) in [5, 5.41) is 1.24. The maximum atomic E-state index is 2.49. The van der Waals surface area contributed by atoms with Crippen molar-refractivity contribution in [1.82, 2.24) is 9.80 Å². The highest BCUT2D eigenvalue weighted by Crippen LogP contribution is 2.40. The number of aromatic nitrogens is 1. The Hall–Kier alpha value is -4.19. The largest absolute Gasteiger partial charge is 0.361 e. The number of thiazole rings is 1. The normalized spacial score (nSPS) is 13.9. The summed E-state index contributed by atoms with van der Waals surface area (Å²) in [5.74, 6) is 1.23. The Morgan fingerprint density at radius 3 is 2.30 bits per heavy atom. The minimum absolute atomic E-state index is 0.826. The smallest absolute Gasteiger partial charge is 0.263 e. The van der Waals surface area contributed by atoms with Gasteiger partial charge in [0.05, 0.1) is 5.69 Å². The molecule has 1 aliphatic heterocycles. The molecule has 0 spiro atoms. The Bertz CT molecular complexity index is 1830. The zero-order valence-corrected chi connectivity index (χ0v) is 27.7. The van der Waals surface area contributed by atoms with E-state index in [0.29, 0.717) is 0 Å². The zero-order valence-electron chi connectivity index (χ0n) is 26.8. The molecule has 5 heteroatoms. The van der Waals surface area contributed by atoms with Gasteiger partial charge in [-0.1, -0.05) is 78.1 Å². The van der Waals surface area contributed by atoms with E-state index in [-0.39, 0.29) is 0 Å². The van der Waals surface area contributed by atoms with E-state index in [2.05, 4.69) is 164 Å². The molecule has 224 valence electrons. The first-order valence-electron chi connectivity index (χ1n) is 15.5. The van der Waals surface area contributed by atoms with Gasteiger partial charge in [-0.25, -0.2) is 0 Å². The van der Waals surface area contributed by atoms with Gasteiger partial charge in [0, 0.05) is 37.8 Å². The van der Waals surface area contributed by atoms with Gasteiger partial charge >= 0.3 is 0 Å². The highest BCUT2D eigenvalue weighted by molar-refractivity contribution is 7.19. The molecule has 0 unspecified atom stereocenters. The van der Waals surface area contributed by atoms with E-state index < -0.39 is 0 Å². The summed E-state index contributed by atoms with van der Waals surface area (Å²) in [7, 11) is 8.72. The van der Waals surface area contributed by atoms with Gasteiger partial charge in [0.1, 0.15) is 17.6 Å². The molecule has 1 aliphatic rings. The van der Waals surface area contributed by atoms with Crippen LogP contribution >= 0.6 is 11.3 Å². The third-order valence-corrected chi connectivity index (χ3v) is 9.80. The van der Waals surface area contributed by atoms with Crippen LogP contribution in [0.4, 0.5) is 5.69 Å². The fourth-order valence-corrected chi connectivity index (χ4v) is 7.48. The van der Waals surface area contributed by atoms with Crippen molar-refractivity contribution < 1.29 is 4.57 Å². The predicted octanol–water partition coefficient (Wildman–Crippen LogP) is 8.30. The van der Waals surface area contributed by atoms with Gasteiger partial charge < -0.3 is 14.7 Å². The minimum Gasteiger partial charge on any atom is -0.361 e. The van der Waals surface area contributed by atoms with Gasteiger partial charge in [0.2, 0.25) is 5.52 Å². The van der Waals surface area contributed by atoms with Crippen LogP contribution in [0.25, 0.3) is 33.0 Å². The van der Waals surface area contributed by atoms with E-state index in [1.807, 2.05) is 11.3 Å². The van der Waals surface area contributed by atoms with Crippen molar-refractivity contribution in [2.24, 2.45) is 7.05 Å². The average Bonchev–Trinajstić information content (AvgIpc) is 3.32. The molecule has 4 nitrogen and oxygen atoms in total. The van der Waals surface area contributed by atoms with E-state index in [0.717, 1.165) is 26.1 Å². The van der Waals surface area contributed by atoms with Crippen LogP contribution in [0.1, 0.15) is 33.7 Å². The van der Waals surface area contributed by atoms with Gasteiger partial charge in [0.15, 0.2) is 0 Å². The molecule has 0 bridgehead atoms. The number of allylic oxidation sites excluding steroid dienone is 2. The van der Waals surface area contributed by atoms with Crippen molar-refractivity contribution >= 4 is 38.9 Å². The highest BCUT2D eigenvalue weighted by atomic mass is 32.1. The van der Waals surface area contributed by atoms with E-state index in [1.165, 1.54) is 65.7 Å². The summed E-state index contributed by atoms with van der Waals surface area (Å²) < 4.78 is 3.65. The Morgan fingerprint density at radius 1 is 0.818 bits per heavy atom. The molecular formula is C39H43N4S+. The molecule has 0 radical (unpaired) electrons. The lowest BCUT2D eigenvalue weighted by atomic mass is 9.96. The van der Waals surface area contributed by atoms with Crippen LogP contribution in [0.15, 0.2) is 103 Å². The lowest BCUT2D eigenvalue weighted by Crippen LogP contribution is -2.36. The molecular weight excluding hydrogens is 557 g/mol. The molecule has 1 aromatic heterocycles. The fourth-order valence-electron chi connectivity index (χ4n) is 6.34. The number of aryl methyl sites for hydroxylation is 3. The van der Waals surface area contributed by atoms with E-state index >= 15 is 0 Å². The number of rotatable bonds is 9. The fraction of sp³-hybridized carbons (Fsp3) is 0.256. The second-order valence-corrected chi connectivity index (χ2v) is 13.3. The second-order valence-electron chi connectivity index (χ2n) is 12.2. The molecule has 0 aliphatic carbocycles. The standard InChI is InChI=1S/C39H43N4S/c1-28-14-12-15-29(2)39(28)31-20-21-35-36(24-31)44-38(42(35)6)26-32-25-37(41(5)23-13-22-40(3)4)43(27-30-16-8-7-9-17-30)34-19-11-10-18-33(32)34/h7-12,14-21,24-26H,13,22-23,27H2,1-6H3/q+1. The quantitative estimate of drug-likeness (QED) is 0.158. The topological polar surface area (TPSA) is 13.6 Å². The first kappa shape index (κ1) is 29.9. The van der Waals surface area contributed by atoms with Crippen LogP contribution in [0, 0.1) is 13.8 Å². The summed E-state index contributed by atoms with van der Waals surface area (Å²) >= 11 is 1.87. The molecule has 2 heterocycles.